The predicted molar refractivity (Wildman–Crippen MR) is 71.8 cm³/mol. The summed E-state index contributed by atoms with van der Waals surface area (Å²) in [6.45, 7) is 10.8. The van der Waals surface area contributed by atoms with Gasteiger partial charge in [0.2, 0.25) is 0 Å². The van der Waals surface area contributed by atoms with Gasteiger partial charge in [-0.25, -0.2) is 0 Å². The Morgan fingerprint density at radius 1 is 1.25 bits per heavy atom. The average Bonchev–Trinajstić information content (AvgIpc) is 2.21. The Balaban J connectivity index is 3.55. The van der Waals surface area contributed by atoms with E-state index in [2.05, 4.69) is 32.7 Å². The normalized spacial score (nSPS) is 13.8. The number of nitrogens with one attached hydrogen (secondary N) is 1. The third-order valence-electron chi connectivity index (χ3n) is 2.59. The zero-order valence-electron chi connectivity index (χ0n) is 11.5. The number of ether oxygens (including phenoxy) is 1. The third kappa shape index (κ3) is 10.2. The maximum Gasteiger partial charge on any atom is 0.0626 e. The average molecular weight is 227 g/mol. The first-order chi connectivity index (χ1) is 7.49. The standard InChI is InChI=1S/C14H29NO/c1-6-7-8-9-10-11-13(15-5)12-16-14(2,3)4/h6,13,15H,1,7-12H2,2-5H3. The molecule has 0 heterocycles. The lowest BCUT2D eigenvalue weighted by Gasteiger charge is -2.24. The van der Waals surface area contributed by atoms with Gasteiger partial charge in [-0.3, -0.25) is 0 Å². The summed E-state index contributed by atoms with van der Waals surface area (Å²) in [5, 5.41) is 3.32. The summed E-state index contributed by atoms with van der Waals surface area (Å²) >= 11 is 0. The number of rotatable bonds is 9. The fourth-order valence-electron chi connectivity index (χ4n) is 1.52. The third-order valence-corrected chi connectivity index (χ3v) is 2.59. The Hall–Kier alpha value is -0.340. The quantitative estimate of drug-likeness (QED) is 0.480. The molecule has 0 aromatic heterocycles. The molecule has 1 unspecified atom stereocenters. The molecule has 0 aliphatic rings. The van der Waals surface area contributed by atoms with Crippen LogP contribution in [0.4, 0.5) is 0 Å². The molecule has 2 nitrogen and oxygen atoms in total. The summed E-state index contributed by atoms with van der Waals surface area (Å²) in [6.07, 6.45) is 8.16. The number of hydrogen-bond donors (Lipinski definition) is 1. The molecule has 0 aromatic rings. The van der Waals surface area contributed by atoms with E-state index in [1.807, 2.05) is 13.1 Å². The van der Waals surface area contributed by atoms with Gasteiger partial charge < -0.3 is 10.1 Å². The van der Waals surface area contributed by atoms with Crippen LogP contribution < -0.4 is 5.32 Å². The largest absolute Gasteiger partial charge is 0.374 e. The van der Waals surface area contributed by atoms with Gasteiger partial charge in [-0.05, 0) is 47.1 Å². The lowest BCUT2D eigenvalue weighted by Crippen LogP contribution is -2.34. The Morgan fingerprint density at radius 3 is 2.44 bits per heavy atom. The van der Waals surface area contributed by atoms with Crippen LogP contribution in [0.5, 0.6) is 0 Å². The van der Waals surface area contributed by atoms with Crippen molar-refractivity contribution in [1.29, 1.82) is 0 Å². The van der Waals surface area contributed by atoms with E-state index in [9.17, 15) is 0 Å². The van der Waals surface area contributed by atoms with Gasteiger partial charge in [-0.1, -0.05) is 18.9 Å². The van der Waals surface area contributed by atoms with Crippen molar-refractivity contribution in [1.82, 2.24) is 5.32 Å². The second-order valence-electron chi connectivity index (χ2n) is 5.34. The number of hydrogen-bond acceptors (Lipinski definition) is 2. The van der Waals surface area contributed by atoms with Crippen LogP contribution in [0.3, 0.4) is 0 Å². The summed E-state index contributed by atoms with van der Waals surface area (Å²) in [5.41, 5.74) is -0.0298. The first-order valence-corrected chi connectivity index (χ1v) is 6.41. The van der Waals surface area contributed by atoms with Crippen molar-refractivity contribution >= 4 is 0 Å². The molecule has 2 heteroatoms. The summed E-state index contributed by atoms with van der Waals surface area (Å²) < 4.78 is 5.78. The molecule has 0 aliphatic carbocycles. The van der Waals surface area contributed by atoms with E-state index in [0.717, 1.165) is 13.0 Å². The maximum atomic E-state index is 5.78. The van der Waals surface area contributed by atoms with Crippen molar-refractivity contribution in [3.05, 3.63) is 12.7 Å². The van der Waals surface area contributed by atoms with Crippen molar-refractivity contribution in [2.75, 3.05) is 13.7 Å². The lowest BCUT2D eigenvalue weighted by molar-refractivity contribution is -0.0147. The van der Waals surface area contributed by atoms with E-state index >= 15 is 0 Å². The first-order valence-electron chi connectivity index (χ1n) is 6.41. The summed E-state index contributed by atoms with van der Waals surface area (Å²) in [5.74, 6) is 0. The highest BCUT2D eigenvalue weighted by Gasteiger charge is 2.13. The second kappa shape index (κ2) is 8.77. The molecule has 0 aromatic carbocycles. The second-order valence-corrected chi connectivity index (χ2v) is 5.34. The fraction of sp³-hybridized carbons (Fsp3) is 0.857. The van der Waals surface area contributed by atoms with E-state index in [-0.39, 0.29) is 5.60 Å². The number of unbranched alkanes of at least 4 members (excludes halogenated alkanes) is 3. The highest BCUT2D eigenvalue weighted by Crippen LogP contribution is 2.11. The lowest BCUT2D eigenvalue weighted by atomic mass is 10.1. The zero-order chi connectivity index (χ0) is 12.4. The van der Waals surface area contributed by atoms with Gasteiger partial charge in [0.25, 0.3) is 0 Å². The van der Waals surface area contributed by atoms with Crippen LogP contribution in [0.15, 0.2) is 12.7 Å². The number of allylic oxidation sites excluding steroid dienone is 1. The molecular formula is C14H29NO. The van der Waals surface area contributed by atoms with Crippen molar-refractivity contribution in [3.63, 3.8) is 0 Å². The van der Waals surface area contributed by atoms with Gasteiger partial charge in [0.15, 0.2) is 0 Å². The number of likely N-dealkylation sites (N-methyl/N-ethyl adjacent to an activating group) is 1. The van der Waals surface area contributed by atoms with Crippen LogP contribution >= 0.6 is 0 Å². The molecule has 0 bridgehead atoms. The molecule has 0 spiro atoms. The Labute approximate surface area is 101 Å². The SMILES string of the molecule is C=CCCCCCC(COC(C)(C)C)NC. The fourth-order valence-corrected chi connectivity index (χ4v) is 1.52. The van der Waals surface area contributed by atoms with E-state index in [0.29, 0.717) is 6.04 Å². The van der Waals surface area contributed by atoms with Gasteiger partial charge in [-0.15, -0.1) is 6.58 Å². The van der Waals surface area contributed by atoms with Crippen LogP contribution in [-0.4, -0.2) is 25.3 Å². The molecule has 16 heavy (non-hydrogen) atoms. The minimum absolute atomic E-state index is 0.0298. The van der Waals surface area contributed by atoms with Crippen molar-refractivity contribution in [2.24, 2.45) is 0 Å². The van der Waals surface area contributed by atoms with Crippen molar-refractivity contribution in [2.45, 2.75) is 64.5 Å². The van der Waals surface area contributed by atoms with Gasteiger partial charge in [0.05, 0.1) is 12.2 Å². The smallest absolute Gasteiger partial charge is 0.0626 e. The maximum absolute atomic E-state index is 5.78. The molecule has 0 rings (SSSR count). The molecule has 1 N–H and O–H groups in total. The Morgan fingerprint density at radius 2 is 1.94 bits per heavy atom. The molecule has 0 fully saturated rings. The topological polar surface area (TPSA) is 21.3 Å². The molecule has 0 aliphatic heterocycles. The summed E-state index contributed by atoms with van der Waals surface area (Å²) in [4.78, 5) is 0. The van der Waals surface area contributed by atoms with Gasteiger partial charge in [-0.2, -0.15) is 0 Å². The van der Waals surface area contributed by atoms with E-state index < -0.39 is 0 Å². The summed E-state index contributed by atoms with van der Waals surface area (Å²) in [7, 11) is 2.01. The molecule has 96 valence electrons. The van der Waals surface area contributed by atoms with Crippen molar-refractivity contribution < 1.29 is 4.74 Å². The minimum Gasteiger partial charge on any atom is -0.374 e. The van der Waals surface area contributed by atoms with E-state index in [1.165, 1.54) is 25.7 Å². The highest BCUT2D eigenvalue weighted by molar-refractivity contribution is 4.69. The van der Waals surface area contributed by atoms with Crippen molar-refractivity contribution in [3.8, 4) is 0 Å². The zero-order valence-corrected chi connectivity index (χ0v) is 11.5. The molecule has 0 amide bonds. The van der Waals surface area contributed by atoms with Crippen LogP contribution in [0.2, 0.25) is 0 Å². The molecule has 0 saturated heterocycles. The molecule has 1 atom stereocenters. The van der Waals surface area contributed by atoms with Gasteiger partial charge in [0, 0.05) is 6.04 Å². The molecule has 0 saturated carbocycles. The van der Waals surface area contributed by atoms with Crippen LogP contribution in [0.1, 0.15) is 52.9 Å². The highest BCUT2D eigenvalue weighted by atomic mass is 16.5. The van der Waals surface area contributed by atoms with E-state index in [4.69, 9.17) is 4.74 Å². The first kappa shape index (κ1) is 15.7. The minimum atomic E-state index is -0.0298. The molecule has 0 radical (unpaired) electrons. The Kier molecular flexibility index (Phi) is 8.58. The van der Waals surface area contributed by atoms with Crippen LogP contribution in [0.25, 0.3) is 0 Å². The summed E-state index contributed by atoms with van der Waals surface area (Å²) in [6, 6.07) is 0.489. The molecular weight excluding hydrogens is 198 g/mol. The van der Waals surface area contributed by atoms with Crippen LogP contribution in [0, 0.1) is 0 Å². The van der Waals surface area contributed by atoms with Gasteiger partial charge in [0.1, 0.15) is 0 Å². The Bertz CT molecular complexity index is 172. The predicted octanol–water partition coefficient (Wildman–Crippen LogP) is 3.53. The van der Waals surface area contributed by atoms with E-state index in [1.54, 1.807) is 0 Å². The monoisotopic (exact) mass is 227 g/mol. The van der Waals surface area contributed by atoms with Gasteiger partial charge >= 0.3 is 0 Å². The van der Waals surface area contributed by atoms with Crippen LogP contribution in [-0.2, 0) is 4.74 Å².